The SMILES string of the molecule is CC(O)c1ccc(Cc2cc(C3OC(CO)C(O)C(O)C3O)c3c(c2Cl)OCC3)cc1. The third-order valence-electron chi connectivity index (χ3n) is 6.09. The van der Waals surface area contributed by atoms with Crippen LogP contribution in [0.2, 0.25) is 5.02 Å². The van der Waals surface area contributed by atoms with Gasteiger partial charge in [0, 0.05) is 12.0 Å². The summed E-state index contributed by atoms with van der Waals surface area (Å²) in [5.74, 6) is 0.534. The van der Waals surface area contributed by atoms with Crippen molar-refractivity contribution in [1.29, 1.82) is 0 Å². The van der Waals surface area contributed by atoms with Gasteiger partial charge in [-0.05, 0) is 35.6 Å². The highest BCUT2D eigenvalue weighted by Crippen LogP contribution is 2.44. The van der Waals surface area contributed by atoms with E-state index in [1.54, 1.807) is 6.92 Å². The van der Waals surface area contributed by atoms with Crippen molar-refractivity contribution in [3.05, 3.63) is 63.2 Å². The summed E-state index contributed by atoms with van der Waals surface area (Å²) in [6, 6.07) is 9.39. The molecule has 0 amide bonds. The van der Waals surface area contributed by atoms with Crippen molar-refractivity contribution in [2.45, 2.75) is 56.4 Å². The minimum absolute atomic E-state index is 0.437. The van der Waals surface area contributed by atoms with Gasteiger partial charge in [-0.1, -0.05) is 41.9 Å². The van der Waals surface area contributed by atoms with Crippen LogP contribution < -0.4 is 4.74 Å². The molecular weight excluding hydrogens is 424 g/mol. The Balaban J connectivity index is 1.71. The quantitative estimate of drug-likeness (QED) is 0.467. The lowest BCUT2D eigenvalue weighted by molar-refractivity contribution is -0.231. The summed E-state index contributed by atoms with van der Waals surface area (Å²) in [5.41, 5.74) is 3.98. The molecule has 2 heterocycles. The Kier molecular flexibility index (Phi) is 6.55. The van der Waals surface area contributed by atoms with Crippen LogP contribution in [-0.2, 0) is 17.6 Å². The molecule has 2 aliphatic rings. The summed E-state index contributed by atoms with van der Waals surface area (Å²) >= 11 is 6.64. The molecule has 0 bridgehead atoms. The molecule has 0 radical (unpaired) electrons. The van der Waals surface area contributed by atoms with Gasteiger partial charge >= 0.3 is 0 Å². The van der Waals surface area contributed by atoms with Gasteiger partial charge in [0.1, 0.15) is 36.3 Å². The summed E-state index contributed by atoms with van der Waals surface area (Å²) < 4.78 is 11.6. The first-order valence-electron chi connectivity index (χ1n) is 10.4. The molecule has 0 spiro atoms. The third-order valence-corrected chi connectivity index (χ3v) is 6.50. The van der Waals surface area contributed by atoms with Gasteiger partial charge in [-0.25, -0.2) is 0 Å². The number of rotatable bonds is 5. The second-order valence-electron chi connectivity index (χ2n) is 8.19. The maximum Gasteiger partial charge on any atom is 0.141 e. The highest BCUT2D eigenvalue weighted by Gasteiger charge is 2.45. The van der Waals surface area contributed by atoms with Crippen molar-refractivity contribution >= 4 is 11.6 Å². The van der Waals surface area contributed by atoms with Gasteiger partial charge in [-0.2, -0.15) is 0 Å². The predicted molar refractivity (Wildman–Crippen MR) is 113 cm³/mol. The van der Waals surface area contributed by atoms with Gasteiger partial charge in [0.25, 0.3) is 0 Å². The highest BCUT2D eigenvalue weighted by molar-refractivity contribution is 6.33. The van der Waals surface area contributed by atoms with Crippen LogP contribution in [-0.4, -0.2) is 63.2 Å². The number of hydrogen-bond donors (Lipinski definition) is 5. The topological polar surface area (TPSA) is 120 Å². The van der Waals surface area contributed by atoms with Crippen LogP contribution in [0.4, 0.5) is 0 Å². The van der Waals surface area contributed by atoms with E-state index in [2.05, 4.69) is 0 Å². The largest absolute Gasteiger partial charge is 0.491 e. The Bertz CT molecular complexity index is 929. The highest BCUT2D eigenvalue weighted by atomic mass is 35.5. The molecule has 0 aliphatic carbocycles. The fourth-order valence-corrected chi connectivity index (χ4v) is 4.58. The molecule has 168 valence electrons. The molecule has 1 saturated heterocycles. The van der Waals surface area contributed by atoms with Crippen LogP contribution in [0.3, 0.4) is 0 Å². The van der Waals surface area contributed by atoms with Crippen LogP contribution in [0.5, 0.6) is 5.75 Å². The lowest BCUT2D eigenvalue weighted by Crippen LogP contribution is -2.55. The molecule has 4 rings (SSSR count). The van der Waals surface area contributed by atoms with E-state index in [0.29, 0.717) is 35.8 Å². The fourth-order valence-electron chi connectivity index (χ4n) is 4.29. The van der Waals surface area contributed by atoms with E-state index < -0.39 is 43.2 Å². The first-order chi connectivity index (χ1) is 14.8. The third kappa shape index (κ3) is 4.19. The average Bonchev–Trinajstić information content (AvgIpc) is 3.25. The van der Waals surface area contributed by atoms with Gasteiger partial charge in [-0.15, -0.1) is 0 Å². The van der Waals surface area contributed by atoms with E-state index in [4.69, 9.17) is 21.1 Å². The fraction of sp³-hybridized carbons (Fsp3) is 0.478. The molecular formula is C23H27ClO7. The van der Waals surface area contributed by atoms with E-state index in [9.17, 15) is 25.5 Å². The normalized spacial score (nSPS) is 28.8. The Morgan fingerprint density at radius 2 is 1.81 bits per heavy atom. The van der Waals surface area contributed by atoms with E-state index in [-0.39, 0.29) is 0 Å². The zero-order valence-electron chi connectivity index (χ0n) is 17.1. The van der Waals surface area contributed by atoms with Crippen LogP contribution in [0.1, 0.15) is 46.9 Å². The van der Waals surface area contributed by atoms with E-state index in [1.807, 2.05) is 30.3 Å². The van der Waals surface area contributed by atoms with E-state index >= 15 is 0 Å². The Labute approximate surface area is 185 Å². The molecule has 2 aliphatic heterocycles. The minimum atomic E-state index is -1.46. The maximum absolute atomic E-state index is 10.6. The van der Waals surface area contributed by atoms with Gasteiger partial charge in [0.15, 0.2) is 0 Å². The van der Waals surface area contributed by atoms with Crippen LogP contribution in [0, 0.1) is 0 Å². The molecule has 7 nitrogen and oxygen atoms in total. The Morgan fingerprint density at radius 3 is 2.45 bits per heavy atom. The summed E-state index contributed by atoms with van der Waals surface area (Å²) in [5, 5.41) is 50.7. The molecule has 1 fully saturated rings. The molecule has 8 heteroatoms. The number of benzene rings is 2. The van der Waals surface area contributed by atoms with Crippen molar-refractivity contribution in [3.8, 4) is 5.75 Å². The van der Waals surface area contributed by atoms with Crippen molar-refractivity contribution in [2.24, 2.45) is 0 Å². The number of ether oxygens (including phenoxy) is 2. The summed E-state index contributed by atoms with van der Waals surface area (Å²) in [6.45, 7) is 1.65. The van der Waals surface area contributed by atoms with Crippen molar-refractivity contribution in [2.75, 3.05) is 13.2 Å². The van der Waals surface area contributed by atoms with Crippen LogP contribution in [0.25, 0.3) is 0 Å². The average molecular weight is 451 g/mol. The molecule has 5 N–H and O–H groups in total. The predicted octanol–water partition coefficient (Wildman–Crippen LogP) is 1.43. The van der Waals surface area contributed by atoms with Crippen molar-refractivity contribution in [1.82, 2.24) is 0 Å². The lowest BCUT2D eigenvalue weighted by Gasteiger charge is -2.40. The number of hydrogen-bond acceptors (Lipinski definition) is 7. The maximum atomic E-state index is 10.6. The lowest BCUT2D eigenvalue weighted by atomic mass is 9.87. The summed E-state index contributed by atoms with van der Waals surface area (Å²) in [7, 11) is 0. The second kappa shape index (κ2) is 9.03. The first kappa shape index (κ1) is 22.5. The number of fused-ring (bicyclic) bond motifs is 1. The van der Waals surface area contributed by atoms with Crippen molar-refractivity contribution in [3.63, 3.8) is 0 Å². The summed E-state index contributed by atoms with van der Waals surface area (Å²) in [4.78, 5) is 0. The van der Waals surface area contributed by atoms with Gasteiger partial charge in [0.2, 0.25) is 0 Å². The van der Waals surface area contributed by atoms with E-state index in [0.717, 1.165) is 22.3 Å². The second-order valence-corrected chi connectivity index (χ2v) is 8.57. The molecule has 2 aromatic rings. The monoisotopic (exact) mass is 450 g/mol. The standard InChI is InChI=1S/C23H27ClO7/c1-11(26)13-4-2-12(3-5-13)8-14-9-16(15-6-7-30-22(15)18(14)24)23-21(29)20(28)19(27)17(10-25)31-23/h2-5,9,11,17,19-21,23,25-29H,6-8,10H2,1H3. The van der Waals surface area contributed by atoms with Gasteiger partial charge in [-0.3, -0.25) is 0 Å². The molecule has 0 saturated carbocycles. The molecule has 2 aromatic carbocycles. The molecule has 6 atom stereocenters. The smallest absolute Gasteiger partial charge is 0.141 e. The van der Waals surface area contributed by atoms with Crippen molar-refractivity contribution < 1.29 is 35.0 Å². The van der Waals surface area contributed by atoms with E-state index in [1.165, 1.54) is 0 Å². The minimum Gasteiger partial charge on any atom is -0.491 e. The number of aliphatic hydroxyl groups excluding tert-OH is 5. The number of halogens is 1. The zero-order chi connectivity index (χ0) is 22.3. The number of aliphatic hydroxyl groups is 5. The Morgan fingerprint density at radius 1 is 1.10 bits per heavy atom. The Hall–Kier alpha value is -1.71. The van der Waals surface area contributed by atoms with Gasteiger partial charge < -0.3 is 35.0 Å². The first-order valence-corrected chi connectivity index (χ1v) is 10.7. The van der Waals surface area contributed by atoms with Gasteiger partial charge in [0.05, 0.1) is 24.3 Å². The summed E-state index contributed by atoms with van der Waals surface area (Å²) in [6.07, 6.45) is -5.68. The molecule has 31 heavy (non-hydrogen) atoms. The molecule has 6 unspecified atom stereocenters. The zero-order valence-corrected chi connectivity index (χ0v) is 17.9. The molecule has 0 aromatic heterocycles. The van der Waals surface area contributed by atoms with Crippen LogP contribution in [0.15, 0.2) is 30.3 Å². The van der Waals surface area contributed by atoms with Crippen LogP contribution >= 0.6 is 11.6 Å².